The molecule has 15 nitrogen and oxygen atoms in total. The Kier molecular flexibility index (Phi) is 9.63. The number of halogens is 1. The Bertz CT molecular complexity index is 3180. The van der Waals surface area contributed by atoms with Crippen molar-refractivity contribution in [2.75, 3.05) is 26.0 Å². The molecule has 3 aliphatic rings. The van der Waals surface area contributed by atoms with Crippen LogP contribution in [0, 0.1) is 30.4 Å². The van der Waals surface area contributed by atoms with E-state index >= 15 is 9.18 Å². The highest BCUT2D eigenvalue weighted by Crippen LogP contribution is 2.56. The van der Waals surface area contributed by atoms with E-state index in [0.717, 1.165) is 29.3 Å². The fourth-order valence-corrected chi connectivity index (χ4v) is 10.8. The molecule has 4 atom stereocenters. The molecule has 326 valence electrons. The lowest BCUT2D eigenvalue weighted by atomic mass is 9.91. The van der Waals surface area contributed by atoms with Crippen LogP contribution in [0.15, 0.2) is 87.2 Å². The molecule has 2 aliphatic heterocycles. The minimum Gasteiger partial charge on any atom is -0.381 e. The van der Waals surface area contributed by atoms with Gasteiger partial charge in [-0.1, -0.05) is 30.3 Å². The maximum atomic E-state index is 15.4. The number of rotatable bonds is 9. The van der Waals surface area contributed by atoms with Crippen LogP contribution in [-0.4, -0.2) is 74.7 Å². The molecule has 3 aromatic carbocycles. The summed E-state index contributed by atoms with van der Waals surface area (Å²) in [6.45, 7) is 9.11. The van der Waals surface area contributed by atoms with E-state index in [-0.39, 0.29) is 23.4 Å². The van der Waals surface area contributed by atoms with Crippen LogP contribution in [0.4, 0.5) is 4.39 Å². The van der Waals surface area contributed by atoms with E-state index in [4.69, 9.17) is 19.1 Å². The topological polar surface area (TPSA) is 179 Å². The average molecular weight is 874 g/mol. The Morgan fingerprint density at radius 2 is 1.68 bits per heavy atom. The van der Waals surface area contributed by atoms with Gasteiger partial charge in [-0.15, -0.1) is 0 Å². The first kappa shape index (κ1) is 40.7. The number of ether oxygens (including phenoxy) is 1. The molecule has 1 saturated heterocycles. The van der Waals surface area contributed by atoms with E-state index in [0.29, 0.717) is 89.6 Å². The molecule has 0 spiro atoms. The molecule has 0 bridgehead atoms. The number of carbonyl (C=O) groups is 1. The molecule has 1 aliphatic carbocycles. The minimum atomic E-state index is -2.76. The first-order chi connectivity index (χ1) is 30.1. The lowest BCUT2D eigenvalue weighted by molar-refractivity contribution is 0.0663. The summed E-state index contributed by atoms with van der Waals surface area (Å²) in [4.78, 5) is 47.0. The third-order valence-corrected chi connectivity index (χ3v) is 14.2. The zero-order chi connectivity index (χ0) is 44.1. The van der Waals surface area contributed by atoms with Crippen molar-refractivity contribution in [3.05, 3.63) is 145 Å². The number of nitrogens with one attached hydrogen (secondary N) is 2. The first-order valence-corrected chi connectivity index (χ1v) is 23.4. The summed E-state index contributed by atoms with van der Waals surface area (Å²) in [5.41, 5.74) is 5.31. The molecule has 6 heterocycles. The van der Waals surface area contributed by atoms with E-state index in [2.05, 4.69) is 35.3 Å². The number of nitrogens with zero attached hydrogens (tertiary/aromatic N) is 7. The monoisotopic (exact) mass is 873 g/mol. The summed E-state index contributed by atoms with van der Waals surface area (Å²) in [5, 5.41) is 10.1. The van der Waals surface area contributed by atoms with Crippen molar-refractivity contribution in [2.24, 2.45) is 5.92 Å². The molecule has 7 aromatic rings. The zero-order valence-electron chi connectivity index (χ0n) is 35.7. The van der Waals surface area contributed by atoms with Crippen LogP contribution in [0.1, 0.15) is 94.9 Å². The number of H-pyrrole nitrogens is 1. The van der Waals surface area contributed by atoms with Crippen molar-refractivity contribution in [3.63, 3.8) is 0 Å². The molecule has 2 N–H and O–H groups in total. The molecule has 1 saturated carbocycles. The summed E-state index contributed by atoms with van der Waals surface area (Å²) in [6.07, 6.45) is 7.54. The molecule has 1 amide bonds. The molecular weight excluding hydrogens is 826 g/mol. The predicted octanol–water partition coefficient (Wildman–Crippen LogP) is 6.81. The van der Waals surface area contributed by atoms with E-state index in [1.807, 2.05) is 22.5 Å². The van der Waals surface area contributed by atoms with Crippen LogP contribution >= 0.6 is 0 Å². The molecule has 2 fully saturated rings. The highest BCUT2D eigenvalue weighted by molar-refractivity contribution is 7.90. The molecule has 63 heavy (non-hydrogen) atoms. The Morgan fingerprint density at radius 3 is 2.33 bits per heavy atom. The third kappa shape index (κ3) is 6.79. The van der Waals surface area contributed by atoms with Gasteiger partial charge in [0, 0.05) is 71.0 Å². The fourth-order valence-electron chi connectivity index (χ4n) is 10.0. The Balaban J connectivity index is 1.10. The standard InChI is InChI=1S/C46H48FN9O6S/c1-26-20-35(21-27(2)40(26)47)56-41(54-17-16-53(45(54)59)34-9-6-30(7-10-34)25-63(5,48)60)39-29(4)52(15-12-36(39)50-56)42(57)38-23-33-22-32(31-13-18-61-19-14-31)8-11-37(33)55(38)46(24-28(46)3)43-49-44(58)62-51-43/h6-11,16-17,20-23,28-29,31,48H,12-15,18-19,24-25H2,1-5H3,(H,49,51,58)/t28-,29-,46-,63-/m0/s1. The van der Waals surface area contributed by atoms with Crippen molar-refractivity contribution in [1.29, 1.82) is 4.78 Å². The number of benzene rings is 3. The predicted molar refractivity (Wildman–Crippen MR) is 234 cm³/mol. The van der Waals surface area contributed by atoms with Crippen LogP contribution in [0.2, 0.25) is 0 Å². The quantitative estimate of drug-likeness (QED) is 0.159. The number of amides is 1. The average Bonchev–Trinajstić information content (AvgIpc) is 3.75. The summed E-state index contributed by atoms with van der Waals surface area (Å²) in [5.74, 6) is 0.00567. The molecule has 4 aromatic heterocycles. The SMILES string of the molecule is Cc1cc(-n2nc3c(c2-n2ccn(-c4ccc(C[S@@](C)(=N)=O)cc4)c2=O)[C@H](C)N(C(=O)c2cc4cc(C5CCOCC5)ccc4n2[C@@]2(c4noc(=O)[nH]4)C[C@@H]2C)CC3)cc(C)c1F. The van der Waals surface area contributed by atoms with Gasteiger partial charge in [0.25, 0.3) is 5.91 Å². The van der Waals surface area contributed by atoms with Crippen molar-refractivity contribution in [2.45, 2.75) is 76.6 Å². The van der Waals surface area contributed by atoms with Gasteiger partial charge in [-0.25, -0.2) is 22.9 Å². The van der Waals surface area contributed by atoms with Gasteiger partial charge in [0.2, 0.25) is 0 Å². The lowest BCUT2D eigenvalue weighted by Crippen LogP contribution is -2.41. The maximum Gasteiger partial charge on any atom is 0.438 e. The summed E-state index contributed by atoms with van der Waals surface area (Å²) in [6, 6.07) is 18.2. The lowest BCUT2D eigenvalue weighted by Gasteiger charge is -2.34. The number of hydrogen-bond donors (Lipinski definition) is 2. The van der Waals surface area contributed by atoms with Crippen molar-refractivity contribution in [1.82, 2.24) is 38.5 Å². The van der Waals surface area contributed by atoms with Gasteiger partial charge in [-0.05, 0) is 117 Å². The number of aromatic nitrogens is 7. The van der Waals surface area contributed by atoms with Gasteiger partial charge in [0.15, 0.2) is 5.82 Å². The third-order valence-electron chi connectivity index (χ3n) is 13.3. The van der Waals surface area contributed by atoms with Gasteiger partial charge in [-0.2, -0.15) is 5.10 Å². The van der Waals surface area contributed by atoms with Crippen molar-refractivity contribution < 1.29 is 22.7 Å². The fraction of sp³-hybridized carbons (Fsp3) is 0.370. The Hall–Kier alpha value is -6.33. The normalized spacial score (nSPS) is 21.1. The number of carbonyl (C=O) groups excluding carboxylic acids is 1. The largest absolute Gasteiger partial charge is 0.438 e. The minimum absolute atomic E-state index is 0.0196. The number of imidazole rings is 1. The van der Waals surface area contributed by atoms with Crippen molar-refractivity contribution >= 4 is 26.5 Å². The van der Waals surface area contributed by atoms with Gasteiger partial charge in [-0.3, -0.25) is 28.2 Å². The molecule has 10 rings (SSSR count). The molecule has 17 heteroatoms. The van der Waals surface area contributed by atoms with Crippen LogP contribution in [0.3, 0.4) is 0 Å². The second-order valence-corrected chi connectivity index (χ2v) is 19.9. The second-order valence-electron chi connectivity index (χ2n) is 17.6. The Morgan fingerprint density at radius 1 is 0.984 bits per heavy atom. The zero-order valence-corrected chi connectivity index (χ0v) is 36.5. The van der Waals surface area contributed by atoms with E-state index < -0.39 is 32.8 Å². The highest BCUT2D eigenvalue weighted by atomic mass is 32.2. The van der Waals surface area contributed by atoms with Crippen molar-refractivity contribution in [3.8, 4) is 17.2 Å². The van der Waals surface area contributed by atoms with Gasteiger partial charge >= 0.3 is 11.4 Å². The van der Waals surface area contributed by atoms with Crippen LogP contribution in [-0.2, 0) is 32.2 Å². The molecular formula is C46H48FN9O6S. The van der Waals surface area contributed by atoms with Crippen LogP contribution in [0.25, 0.3) is 28.1 Å². The maximum absolute atomic E-state index is 15.4. The summed E-state index contributed by atoms with van der Waals surface area (Å²) < 4.78 is 52.5. The second kappa shape index (κ2) is 14.9. The van der Waals surface area contributed by atoms with Gasteiger partial charge in [0.05, 0.1) is 28.9 Å². The Labute approximate surface area is 362 Å². The molecule has 0 unspecified atom stereocenters. The van der Waals surface area contributed by atoms with Crippen LogP contribution < -0.4 is 11.4 Å². The van der Waals surface area contributed by atoms with E-state index in [1.165, 1.54) is 21.0 Å². The molecule has 0 radical (unpaired) electrons. The van der Waals surface area contributed by atoms with E-state index in [9.17, 15) is 13.8 Å². The van der Waals surface area contributed by atoms with E-state index in [1.54, 1.807) is 67.3 Å². The number of fused-ring (bicyclic) bond motifs is 2. The van der Waals surface area contributed by atoms with Gasteiger partial charge < -0.3 is 14.2 Å². The number of aryl methyl sites for hydroxylation is 2. The van der Waals surface area contributed by atoms with Crippen LogP contribution in [0.5, 0.6) is 0 Å². The number of aromatic amines is 1. The smallest absolute Gasteiger partial charge is 0.381 e. The summed E-state index contributed by atoms with van der Waals surface area (Å²) >= 11 is 0. The number of hydrogen-bond acceptors (Lipinski definition) is 9. The summed E-state index contributed by atoms with van der Waals surface area (Å²) in [7, 11) is -2.76. The highest BCUT2D eigenvalue weighted by Gasteiger charge is 2.59. The first-order valence-electron chi connectivity index (χ1n) is 21.2. The van der Waals surface area contributed by atoms with Gasteiger partial charge in [0.1, 0.15) is 22.9 Å².